The smallest absolute Gasteiger partial charge is 0.0917 e. The second-order valence-corrected chi connectivity index (χ2v) is 7.13. The maximum absolute atomic E-state index is 10.4. The van der Waals surface area contributed by atoms with Crippen molar-refractivity contribution in [2.45, 2.75) is 38.3 Å². The van der Waals surface area contributed by atoms with Crippen LogP contribution in [0.4, 0.5) is 0 Å². The first-order valence-corrected chi connectivity index (χ1v) is 9.45. The van der Waals surface area contributed by atoms with Gasteiger partial charge in [-0.15, -0.1) is 0 Å². The molecule has 3 rings (SSSR count). The van der Waals surface area contributed by atoms with E-state index in [9.17, 15) is 5.11 Å². The molecule has 3 heteroatoms. The van der Waals surface area contributed by atoms with E-state index in [1.54, 1.807) is 0 Å². The Kier molecular flexibility index (Phi) is 6.62. The summed E-state index contributed by atoms with van der Waals surface area (Å²) in [6, 6.07) is 19.3. The van der Waals surface area contributed by atoms with Crippen LogP contribution in [0.15, 0.2) is 54.6 Å². The zero-order valence-corrected chi connectivity index (χ0v) is 15.2. The highest BCUT2D eigenvalue weighted by molar-refractivity contribution is 5.27. The van der Waals surface area contributed by atoms with Crippen LogP contribution in [0.3, 0.4) is 0 Å². The minimum absolute atomic E-state index is 0.419. The van der Waals surface area contributed by atoms with Crippen molar-refractivity contribution in [3.05, 3.63) is 71.3 Å². The van der Waals surface area contributed by atoms with Gasteiger partial charge in [0, 0.05) is 19.1 Å². The fourth-order valence-corrected chi connectivity index (χ4v) is 3.64. The van der Waals surface area contributed by atoms with Crippen molar-refractivity contribution in [1.82, 2.24) is 10.2 Å². The lowest BCUT2D eigenvalue weighted by Gasteiger charge is -2.33. The van der Waals surface area contributed by atoms with E-state index in [2.05, 4.69) is 53.5 Å². The number of aryl methyl sites for hydroxylation is 1. The van der Waals surface area contributed by atoms with Gasteiger partial charge in [-0.1, -0.05) is 54.6 Å². The monoisotopic (exact) mass is 338 g/mol. The number of aliphatic hydroxyl groups excluding tert-OH is 1. The Labute approximate surface area is 151 Å². The second kappa shape index (κ2) is 9.14. The van der Waals surface area contributed by atoms with E-state index in [4.69, 9.17) is 0 Å². The van der Waals surface area contributed by atoms with E-state index >= 15 is 0 Å². The summed E-state index contributed by atoms with van der Waals surface area (Å²) in [6.45, 7) is 6.13. The number of aliphatic hydroxyl groups is 1. The third kappa shape index (κ3) is 5.40. The quantitative estimate of drug-likeness (QED) is 0.813. The average Bonchev–Trinajstić information content (AvgIpc) is 2.66. The van der Waals surface area contributed by atoms with Gasteiger partial charge in [0.2, 0.25) is 0 Å². The van der Waals surface area contributed by atoms with E-state index in [-0.39, 0.29) is 0 Å². The number of hydrogen-bond acceptors (Lipinski definition) is 3. The Bertz CT molecular complexity index is 635. The van der Waals surface area contributed by atoms with Gasteiger partial charge in [-0.2, -0.15) is 0 Å². The van der Waals surface area contributed by atoms with Gasteiger partial charge in [0.25, 0.3) is 0 Å². The van der Waals surface area contributed by atoms with Crippen LogP contribution < -0.4 is 5.32 Å². The van der Waals surface area contributed by atoms with E-state index in [1.807, 2.05) is 18.2 Å². The number of hydrogen-bond donors (Lipinski definition) is 2. The summed E-state index contributed by atoms with van der Waals surface area (Å²) in [4.78, 5) is 2.56. The van der Waals surface area contributed by atoms with Gasteiger partial charge in [0.1, 0.15) is 0 Å². The van der Waals surface area contributed by atoms with Crippen molar-refractivity contribution in [2.75, 3.05) is 26.2 Å². The van der Waals surface area contributed by atoms with Gasteiger partial charge >= 0.3 is 0 Å². The Morgan fingerprint density at radius 2 is 1.72 bits per heavy atom. The topological polar surface area (TPSA) is 35.5 Å². The summed E-state index contributed by atoms with van der Waals surface area (Å²) in [5.74, 6) is 0. The number of benzene rings is 2. The van der Waals surface area contributed by atoms with Crippen LogP contribution in [-0.2, 0) is 6.42 Å². The molecule has 1 fully saturated rings. The highest BCUT2D eigenvalue weighted by atomic mass is 16.3. The van der Waals surface area contributed by atoms with Crippen LogP contribution in [0, 0.1) is 6.92 Å². The van der Waals surface area contributed by atoms with Crippen molar-refractivity contribution < 1.29 is 5.11 Å². The normalized spacial score (nSPS) is 17.5. The molecule has 3 nitrogen and oxygen atoms in total. The molecule has 0 amide bonds. The molecule has 2 aromatic rings. The lowest BCUT2D eigenvalue weighted by Crippen LogP contribution is -2.44. The first-order chi connectivity index (χ1) is 12.2. The Balaban J connectivity index is 1.37. The number of nitrogens with one attached hydrogen (secondary N) is 1. The van der Waals surface area contributed by atoms with Crippen LogP contribution in [0.1, 0.15) is 35.6 Å². The Morgan fingerprint density at radius 3 is 2.44 bits per heavy atom. The van der Waals surface area contributed by atoms with Crippen molar-refractivity contribution in [3.63, 3.8) is 0 Å². The van der Waals surface area contributed by atoms with Gasteiger partial charge < -0.3 is 15.3 Å². The molecule has 2 N–H and O–H groups in total. The molecular weight excluding hydrogens is 308 g/mol. The SMILES string of the molecule is Cc1ccccc1C(O)CNC1CCN(CCc2ccccc2)CC1. The van der Waals surface area contributed by atoms with Gasteiger partial charge in [0.05, 0.1) is 6.10 Å². The van der Waals surface area contributed by atoms with E-state index in [0.29, 0.717) is 12.6 Å². The van der Waals surface area contributed by atoms with E-state index in [0.717, 1.165) is 50.0 Å². The van der Waals surface area contributed by atoms with Crippen LogP contribution in [0.2, 0.25) is 0 Å². The molecule has 0 radical (unpaired) electrons. The lowest BCUT2D eigenvalue weighted by atomic mass is 10.0. The van der Waals surface area contributed by atoms with Crippen LogP contribution in [0.5, 0.6) is 0 Å². The first kappa shape index (κ1) is 18.1. The van der Waals surface area contributed by atoms with Gasteiger partial charge in [-0.25, -0.2) is 0 Å². The molecule has 0 aliphatic carbocycles. The van der Waals surface area contributed by atoms with Crippen LogP contribution >= 0.6 is 0 Å². The van der Waals surface area contributed by atoms with Gasteiger partial charge in [-0.05, 0) is 56.0 Å². The molecule has 1 atom stereocenters. The molecule has 0 aromatic heterocycles. The average molecular weight is 338 g/mol. The highest BCUT2D eigenvalue weighted by Crippen LogP contribution is 2.18. The van der Waals surface area contributed by atoms with Gasteiger partial charge in [0.15, 0.2) is 0 Å². The van der Waals surface area contributed by atoms with Crippen molar-refractivity contribution >= 4 is 0 Å². The molecule has 1 aliphatic heterocycles. The number of rotatable bonds is 7. The largest absolute Gasteiger partial charge is 0.387 e. The molecule has 1 aliphatic rings. The summed E-state index contributed by atoms with van der Waals surface area (Å²) in [7, 11) is 0. The fourth-order valence-electron chi connectivity index (χ4n) is 3.64. The molecule has 0 bridgehead atoms. The molecule has 134 valence electrons. The number of likely N-dealkylation sites (tertiary alicyclic amines) is 1. The summed E-state index contributed by atoms with van der Waals surface area (Å²) in [5.41, 5.74) is 3.62. The summed E-state index contributed by atoms with van der Waals surface area (Å²) in [6.07, 6.45) is 3.03. The standard InChI is InChI=1S/C22H30N2O/c1-18-7-5-6-10-21(18)22(25)17-23-20-12-15-24(16-13-20)14-11-19-8-3-2-4-9-19/h2-10,20,22-23,25H,11-17H2,1H3. The predicted molar refractivity (Wildman–Crippen MR) is 104 cm³/mol. The predicted octanol–water partition coefficient (Wildman–Crippen LogP) is 3.33. The number of piperidine rings is 1. The minimum atomic E-state index is -0.419. The highest BCUT2D eigenvalue weighted by Gasteiger charge is 2.20. The van der Waals surface area contributed by atoms with Crippen LogP contribution in [-0.4, -0.2) is 42.2 Å². The molecule has 1 unspecified atom stereocenters. The molecular formula is C22H30N2O. The second-order valence-electron chi connectivity index (χ2n) is 7.13. The summed E-state index contributed by atoms with van der Waals surface area (Å²) >= 11 is 0. The van der Waals surface area contributed by atoms with E-state index < -0.39 is 6.10 Å². The molecule has 2 aromatic carbocycles. The lowest BCUT2D eigenvalue weighted by molar-refractivity contribution is 0.151. The molecule has 0 spiro atoms. The Hall–Kier alpha value is -1.68. The summed E-state index contributed by atoms with van der Waals surface area (Å²) < 4.78 is 0. The van der Waals surface area contributed by atoms with Gasteiger partial charge in [-0.3, -0.25) is 0 Å². The fraction of sp³-hybridized carbons (Fsp3) is 0.455. The molecule has 0 saturated carbocycles. The molecule has 1 saturated heterocycles. The number of nitrogens with zero attached hydrogens (tertiary/aromatic N) is 1. The third-order valence-corrected chi connectivity index (χ3v) is 5.29. The third-order valence-electron chi connectivity index (χ3n) is 5.29. The molecule has 25 heavy (non-hydrogen) atoms. The zero-order valence-electron chi connectivity index (χ0n) is 15.2. The van der Waals surface area contributed by atoms with Crippen molar-refractivity contribution in [1.29, 1.82) is 0 Å². The van der Waals surface area contributed by atoms with E-state index in [1.165, 1.54) is 5.56 Å². The molecule has 1 heterocycles. The first-order valence-electron chi connectivity index (χ1n) is 9.45. The van der Waals surface area contributed by atoms with Crippen molar-refractivity contribution in [3.8, 4) is 0 Å². The minimum Gasteiger partial charge on any atom is -0.387 e. The summed E-state index contributed by atoms with van der Waals surface area (Å²) in [5, 5.41) is 14.0. The van der Waals surface area contributed by atoms with Crippen LogP contribution in [0.25, 0.3) is 0 Å². The maximum atomic E-state index is 10.4. The maximum Gasteiger partial charge on any atom is 0.0917 e. The Morgan fingerprint density at radius 1 is 1.04 bits per heavy atom. The zero-order chi connectivity index (χ0) is 17.5. The van der Waals surface area contributed by atoms with Crippen molar-refractivity contribution in [2.24, 2.45) is 0 Å².